The zero-order valence-corrected chi connectivity index (χ0v) is 21.7. The van der Waals surface area contributed by atoms with Gasteiger partial charge in [-0.25, -0.2) is 4.39 Å². The molecule has 8 nitrogen and oxygen atoms in total. The quantitative estimate of drug-likeness (QED) is 0.284. The first-order valence-corrected chi connectivity index (χ1v) is 12.7. The van der Waals surface area contributed by atoms with Crippen molar-refractivity contribution in [2.45, 2.75) is 38.4 Å². The number of nitrogens with zero attached hydrogens (tertiary/aromatic N) is 6. The highest BCUT2D eigenvalue weighted by atomic mass is 35.5. The zero-order chi connectivity index (χ0) is 25.9. The zero-order valence-electron chi connectivity index (χ0n) is 20.2. The lowest BCUT2D eigenvalue weighted by atomic mass is 10.1. The number of benzene rings is 2. The molecule has 1 unspecified atom stereocenters. The molecule has 0 spiro atoms. The van der Waals surface area contributed by atoms with Gasteiger partial charge in [-0.05, 0) is 63.2 Å². The summed E-state index contributed by atoms with van der Waals surface area (Å²) in [4.78, 5) is 6.78. The number of nitriles is 1. The summed E-state index contributed by atoms with van der Waals surface area (Å²) in [6.07, 6.45) is 6.94. The predicted octanol–water partition coefficient (Wildman–Crippen LogP) is 5.98. The van der Waals surface area contributed by atoms with Gasteiger partial charge < -0.3 is 15.5 Å². The summed E-state index contributed by atoms with van der Waals surface area (Å²) in [5.41, 5.74) is 3.42. The van der Waals surface area contributed by atoms with Gasteiger partial charge in [0, 0.05) is 35.5 Å². The summed E-state index contributed by atoms with van der Waals surface area (Å²) < 4.78 is 15.5. The van der Waals surface area contributed by atoms with Crippen LogP contribution in [0.15, 0.2) is 42.7 Å². The molecular formula is C26H25Cl2FN8. The minimum Gasteiger partial charge on any atom is -0.379 e. The fraction of sp³-hybridized carbons (Fsp3) is 0.308. The van der Waals surface area contributed by atoms with Gasteiger partial charge in [-0.1, -0.05) is 28.4 Å². The second kappa shape index (κ2) is 10.9. The van der Waals surface area contributed by atoms with Gasteiger partial charge in [-0.3, -0.25) is 9.67 Å². The van der Waals surface area contributed by atoms with E-state index in [2.05, 4.69) is 43.9 Å². The van der Waals surface area contributed by atoms with Crippen molar-refractivity contribution in [1.29, 1.82) is 5.26 Å². The Morgan fingerprint density at radius 1 is 1.19 bits per heavy atom. The van der Waals surface area contributed by atoms with Crippen molar-refractivity contribution >= 4 is 51.2 Å². The number of rotatable bonds is 8. The van der Waals surface area contributed by atoms with Crippen molar-refractivity contribution in [3.63, 3.8) is 0 Å². The van der Waals surface area contributed by atoms with E-state index in [9.17, 15) is 9.65 Å². The number of aryl methyl sites for hydroxylation is 1. The van der Waals surface area contributed by atoms with E-state index in [-0.39, 0.29) is 5.02 Å². The smallest absolute Gasteiger partial charge is 0.141 e. The molecule has 2 aromatic carbocycles. The van der Waals surface area contributed by atoms with Gasteiger partial charge in [-0.2, -0.15) is 5.26 Å². The van der Waals surface area contributed by atoms with Crippen LogP contribution in [0, 0.1) is 17.1 Å². The highest BCUT2D eigenvalue weighted by molar-refractivity contribution is 6.36. The lowest BCUT2D eigenvalue weighted by molar-refractivity contribution is 0.282. The van der Waals surface area contributed by atoms with E-state index >= 15 is 0 Å². The first-order valence-electron chi connectivity index (χ1n) is 12.0. The number of aromatic nitrogens is 4. The lowest BCUT2D eigenvalue weighted by Crippen LogP contribution is -2.26. The summed E-state index contributed by atoms with van der Waals surface area (Å²) in [6.45, 7) is 2.44. The molecule has 37 heavy (non-hydrogen) atoms. The molecule has 1 atom stereocenters. The SMILES string of the molecule is CN1CCCC1CCn1cc(CNc2cc(Cl)c3ncc(C#N)c(Nc4ccc(F)c(Cl)c4)c3c2)nn1. The van der Waals surface area contributed by atoms with Crippen LogP contribution in [0.2, 0.25) is 10.0 Å². The number of halogens is 3. The van der Waals surface area contributed by atoms with Crippen LogP contribution in [-0.4, -0.2) is 44.5 Å². The molecule has 1 aliphatic heterocycles. The van der Waals surface area contributed by atoms with Crippen LogP contribution in [-0.2, 0) is 13.1 Å². The van der Waals surface area contributed by atoms with Crippen molar-refractivity contribution in [3.8, 4) is 6.07 Å². The maximum Gasteiger partial charge on any atom is 0.141 e. The normalized spacial score (nSPS) is 15.7. The van der Waals surface area contributed by atoms with Gasteiger partial charge in [0.15, 0.2) is 0 Å². The highest BCUT2D eigenvalue weighted by Crippen LogP contribution is 2.35. The third kappa shape index (κ3) is 5.62. The second-order valence-corrected chi connectivity index (χ2v) is 9.97. The lowest BCUT2D eigenvalue weighted by Gasteiger charge is -2.18. The fourth-order valence-electron chi connectivity index (χ4n) is 4.65. The Labute approximate surface area is 224 Å². The molecule has 0 bridgehead atoms. The molecule has 4 aromatic rings. The van der Waals surface area contributed by atoms with Gasteiger partial charge in [0.25, 0.3) is 0 Å². The average molecular weight is 539 g/mol. The van der Waals surface area contributed by atoms with Crippen molar-refractivity contribution in [2.24, 2.45) is 0 Å². The first kappa shape index (κ1) is 25.2. The van der Waals surface area contributed by atoms with Crippen LogP contribution in [0.25, 0.3) is 10.9 Å². The van der Waals surface area contributed by atoms with Crippen LogP contribution in [0.1, 0.15) is 30.5 Å². The number of pyridine rings is 1. The molecule has 2 aromatic heterocycles. The fourth-order valence-corrected chi connectivity index (χ4v) is 5.09. The molecule has 1 aliphatic rings. The molecule has 2 N–H and O–H groups in total. The molecule has 0 radical (unpaired) electrons. The van der Waals surface area contributed by atoms with Crippen molar-refractivity contribution in [2.75, 3.05) is 24.2 Å². The Morgan fingerprint density at radius 3 is 2.78 bits per heavy atom. The monoisotopic (exact) mass is 538 g/mol. The third-order valence-electron chi connectivity index (χ3n) is 6.66. The summed E-state index contributed by atoms with van der Waals surface area (Å²) in [7, 11) is 2.17. The molecule has 11 heteroatoms. The largest absolute Gasteiger partial charge is 0.379 e. The number of fused-ring (bicyclic) bond motifs is 1. The molecule has 3 heterocycles. The van der Waals surface area contributed by atoms with Crippen LogP contribution in [0.4, 0.5) is 21.5 Å². The van der Waals surface area contributed by atoms with E-state index in [1.165, 1.54) is 31.2 Å². The molecular weight excluding hydrogens is 514 g/mol. The van der Waals surface area contributed by atoms with Gasteiger partial charge in [-0.15, -0.1) is 5.10 Å². The molecule has 0 amide bonds. The highest BCUT2D eigenvalue weighted by Gasteiger charge is 2.20. The minimum absolute atomic E-state index is 0.0226. The van der Waals surface area contributed by atoms with Crippen LogP contribution in [0.5, 0.6) is 0 Å². The number of nitrogens with one attached hydrogen (secondary N) is 2. The van der Waals surface area contributed by atoms with E-state index in [0.29, 0.717) is 45.5 Å². The molecule has 0 saturated carbocycles. The Bertz CT molecular complexity index is 1480. The Hall–Kier alpha value is -3.45. The average Bonchev–Trinajstić information content (AvgIpc) is 3.52. The second-order valence-electron chi connectivity index (χ2n) is 9.16. The summed E-state index contributed by atoms with van der Waals surface area (Å²) in [6, 6.07) is 10.7. The number of anilines is 3. The minimum atomic E-state index is -0.523. The van der Waals surface area contributed by atoms with E-state index in [1.54, 1.807) is 12.1 Å². The summed E-state index contributed by atoms with van der Waals surface area (Å²) in [5, 5.41) is 25.8. The predicted molar refractivity (Wildman–Crippen MR) is 144 cm³/mol. The maximum atomic E-state index is 13.6. The molecule has 1 saturated heterocycles. The van der Waals surface area contributed by atoms with Crippen LogP contribution < -0.4 is 10.6 Å². The Balaban J connectivity index is 1.35. The summed E-state index contributed by atoms with van der Waals surface area (Å²) >= 11 is 12.5. The topological polar surface area (TPSA) is 94.7 Å². The third-order valence-corrected chi connectivity index (χ3v) is 7.23. The van der Waals surface area contributed by atoms with Gasteiger partial charge >= 0.3 is 0 Å². The maximum absolute atomic E-state index is 13.6. The van der Waals surface area contributed by atoms with Gasteiger partial charge in [0.1, 0.15) is 17.6 Å². The van der Waals surface area contributed by atoms with E-state index in [0.717, 1.165) is 30.9 Å². The molecule has 190 valence electrons. The molecule has 1 fully saturated rings. The van der Waals surface area contributed by atoms with Crippen molar-refractivity contribution in [1.82, 2.24) is 24.9 Å². The van der Waals surface area contributed by atoms with E-state index in [1.807, 2.05) is 16.9 Å². The van der Waals surface area contributed by atoms with E-state index in [4.69, 9.17) is 23.2 Å². The van der Waals surface area contributed by atoms with Crippen molar-refractivity contribution < 1.29 is 4.39 Å². The molecule has 0 aliphatic carbocycles. The standard InChI is InChI=1S/C26H25Cl2FN8/c1-36-7-2-3-20(36)6-8-37-15-19(34-35-37)14-31-18-9-21-25(33-17-4-5-24(29)22(27)10-17)16(12-30)13-32-26(21)23(28)11-18/h4-5,9-11,13,15,20,31H,2-3,6-8,14H2,1H3,(H,32,33). The van der Waals surface area contributed by atoms with Crippen LogP contribution >= 0.6 is 23.2 Å². The van der Waals surface area contributed by atoms with Crippen LogP contribution in [0.3, 0.4) is 0 Å². The van der Waals surface area contributed by atoms with Crippen molar-refractivity contribution in [3.05, 3.63) is 69.8 Å². The Kier molecular flexibility index (Phi) is 7.42. The molecule has 5 rings (SSSR count). The summed E-state index contributed by atoms with van der Waals surface area (Å²) in [5.74, 6) is -0.523. The van der Waals surface area contributed by atoms with Gasteiger partial charge in [0.2, 0.25) is 0 Å². The van der Waals surface area contributed by atoms with E-state index < -0.39 is 5.82 Å². The number of hydrogen-bond donors (Lipinski definition) is 2. The van der Waals surface area contributed by atoms with Gasteiger partial charge in [0.05, 0.1) is 39.6 Å². The number of likely N-dealkylation sites (tertiary alicyclic amines) is 1. The Morgan fingerprint density at radius 2 is 2.03 bits per heavy atom. The first-order chi connectivity index (χ1) is 17.9. The number of hydrogen-bond acceptors (Lipinski definition) is 7.